The van der Waals surface area contributed by atoms with E-state index in [0.717, 1.165) is 11.3 Å². The molecular formula is C20H23ClN4O7. The molecule has 1 unspecified atom stereocenters. The number of hydrogen-bond acceptors (Lipinski definition) is 9. The van der Waals surface area contributed by atoms with Gasteiger partial charge in [0.05, 0.1) is 0 Å². The molecule has 2 heterocycles. The third-order valence-electron chi connectivity index (χ3n) is 5.16. The summed E-state index contributed by atoms with van der Waals surface area (Å²) in [6.07, 6.45) is -3.44. The number of halogens is 1. The molecule has 11 nitrogen and oxygen atoms in total. The van der Waals surface area contributed by atoms with E-state index in [0.29, 0.717) is 18.0 Å². The standard InChI is InChI=1S/C20H23ClN4O7/c1-10(26)29-9-16-18(30-11(2)27)17(23-24-22)19(31-12(3)28)20(32-16)25-7-6-13-8-14(21)4-5-15(13)25/h4-5,8,16-20H,6-7,9H2,1-3H3/t16-,17?,18+,19-,20-/m1/s1. The summed E-state index contributed by atoms with van der Waals surface area (Å²) in [6.45, 7) is 3.89. The quantitative estimate of drug-likeness (QED) is 0.205. The van der Waals surface area contributed by atoms with Crippen LogP contribution in [-0.4, -0.2) is 61.6 Å². The van der Waals surface area contributed by atoms with Gasteiger partial charge in [0.15, 0.2) is 12.3 Å². The zero-order valence-electron chi connectivity index (χ0n) is 17.8. The van der Waals surface area contributed by atoms with Gasteiger partial charge in [0, 0.05) is 42.9 Å². The number of benzene rings is 1. The fraction of sp³-hybridized carbons (Fsp3) is 0.550. The summed E-state index contributed by atoms with van der Waals surface area (Å²) in [4.78, 5) is 39.8. The van der Waals surface area contributed by atoms with Gasteiger partial charge in [-0.05, 0) is 35.7 Å². The summed E-state index contributed by atoms with van der Waals surface area (Å²) in [6, 6.07) is 4.26. The van der Waals surface area contributed by atoms with E-state index in [1.807, 2.05) is 17.0 Å². The molecule has 1 aromatic carbocycles. The molecule has 0 spiro atoms. The molecule has 12 heteroatoms. The van der Waals surface area contributed by atoms with Gasteiger partial charge in [-0.2, -0.15) is 0 Å². The van der Waals surface area contributed by atoms with E-state index in [9.17, 15) is 19.9 Å². The first-order valence-electron chi connectivity index (χ1n) is 9.93. The molecule has 0 N–H and O–H groups in total. The van der Waals surface area contributed by atoms with Crippen molar-refractivity contribution in [3.63, 3.8) is 0 Å². The minimum atomic E-state index is -1.14. The molecule has 0 radical (unpaired) electrons. The Kier molecular flexibility index (Phi) is 7.44. The zero-order valence-corrected chi connectivity index (χ0v) is 18.5. The van der Waals surface area contributed by atoms with Crippen molar-refractivity contribution in [2.75, 3.05) is 18.1 Å². The maximum atomic E-state index is 11.9. The Morgan fingerprint density at radius 1 is 1.19 bits per heavy atom. The smallest absolute Gasteiger partial charge is 0.303 e. The molecule has 0 aromatic heterocycles. The molecule has 1 saturated heterocycles. The van der Waals surface area contributed by atoms with Crippen molar-refractivity contribution >= 4 is 35.2 Å². The SMILES string of the molecule is CC(=O)OC[C@H]1O[C@@H](N2CCc3cc(Cl)ccc32)[C@H](OC(C)=O)C(N=[N+]=[N-])[C@H]1OC(C)=O. The summed E-state index contributed by atoms with van der Waals surface area (Å²) in [7, 11) is 0. The second kappa shape index (κ2) is 10.1. The van der Waals surface area contributed by atoms with Crippen molar-refractivity contribution in [2.24, 2.45) is 5.11 Å². The lowest BCUT2D eigenvalue weighted by Gasteiger charge is -2.47. The Labute approximate surface area is 189 Å². The molecule has 2 aliphatic heterocycles. The maximum absolute atomic E-state index is 11.9. The molecule has 3 rings (SSSR count). The number of hydrogen-bond donors (Lipinski definition) is 0. The van der Waals surface area contributed by atoms with E-state index in [1.165, 1.54) is 20.8 Å². The Morgan fingerprint density at radius 3 is 2.50 bits per heavy atom. The van der Waals surface area contributed by atoms with Gasteiger partial charge in [-0.25, -0.2) is 0 Å². The molecule has 1 aromatic rings. The van der Waals surface area contributed by atoms with Crippen LogP contribution in [0.15, 0.2) is 23.3 Å². The maximum Gasteiger partial charge on any atom is 0.303 e. The van der Waals surface area contributed by atoms with Crippen LogP contribution < -0.4 is 4.90 Å². The van der Waals surface area contributed by atoms with Gasteiger partial charge in [0.1, 0.15) is 24.9 Å². The first-order valence-corrected chi connectivity index (χ1v) is 10.3. The van der Waals surface area contributed by atoms with Gasteiger partial charge in [0.25, 0.3) is 0 Å². The number of ether oxygens (including phenoxy) is 4. The zero-order chi connectivity index (χ0) is 23.4. The number of carbonyl (C=O) groups excluding carboxylic acids is 3. The number of nitrogens with zero attached hydrogens (tertiary/aromatic N) is 4. The number of rotatable bonds is 6. The summed E-state index contributed by atoms with van der Waals surface area (Å²) >= 11 is 6.11. The number of carbonyl (C=O) groups is 3. The highest BCUT2D eigenvalue weighted by atomic mass is 35.5. The first kappa shape index (κ1) is 23.6. The van der Waals surface area contributed by atoms with Crippen molar-refractivity contribution in [3.8, 4) is 0 Å². The Morgan fingerprint density at radius 2 is 1.88 bits per heavy atom. The highest BCUT2D eigenvalue weighted by molar-refractivity contribution is 6.30. The van der Waals surface area contributed by atoms with Crippen LogP contribution in [0.2, 0.25) is 5.02 Å². The number of esters is 3. The third-order valence-corrected chi connectivity index (χ3v) is 5.39. The molecule has 5 atom stereocenters. The monoisotopic (exact) mass is 466 g/mol. The van der Waals surface area contributed by atoms with Gasteiger partial charge in [-0.3, -0.25) is 14.4 Å². The molecule has 2 aliphatic rings. The van der Waals surface area contributed by atoms with Crippen molar-refractivity contribution < 1.29 is 33.3 Å². The molecule has 0 amide bonds. The van der Waals surface area contributed by atoms with Gasteiger partial charge >= 0.3 is 17.9 Å². The van der Waals surface area contributed by atoms with E-state index in [-0.39, 0.29) is 6.61 Å². The summed E-state index contributed by atoms with van der Waals surface area (Å²) < 4.78 is 22.2. The van der Waals surface area contributed by atoms with E-state index >= 15 is 0 Å². The first-order chi connectivity index (χ1) is 15.2. The second-order valence-electron chi connectivity index (χ2n) is 7.43. The fourth-order valence-electron chi connectivity index (χ4n) is 4.00. The van der Waals surface area contributed by atoms with Crippen LogP contribution in [0.1, 0.15) is 26.3 Å². The van der Waals surface area contributed by atoms with Crippen LogP contribution in [0.3, 0.4) is 0 Å². The summed E-state index contributed by atoms with van der Waals surface area (Å²) in [5.41, 5.74) is 11.0. The van der Waals surface area contributed by atoms with E-state index < -0.39 is 48.5 Å². The highest BCUT2D eigenvalue weighted by Gasteiger charge is 2.52. The average Bonchev–Trinajstić information content (AvgIpc) is 3.11. The lowest BCUT2D eigenvalue weighted by Crippen LogP contribution is -2.64. The predicted molar refractivity (Wildman–Crippen MR) is 112 cm³/mol. The number of azide groups is 1. The minimum absolute atomic E-state index is 0.255. The largest absolute Gasteiger partial charge is 0.463 e. The van der Waals surface area contributed by atoms with E-state index in [4.69, 9.17) is 30.5 Å². The molecule has 0 aliphatic carbocycles. The second-order valence-corrected chi connectivity index (χ2v) is 7.86. The Balaban J connectivity index is 2.04. The van der Waals surface area contributed by atoms with Crippen molar-refractivity contribution in [1.82, 2.24) is 0 Å². The molecule has 32 heavy (non-hydrogen) atoms. The van der Waals surface area contributed by atoms with Crippen molar-refractivity contribution in [3.05, 3.63) is 39.2 Å². The molecule has 0 bridgehead atoms. The third kappa shape index (κ3) is 5.24. The fourth-order valence-corrected chi connectivity index (χ4v) is 4.20. The lowest BCUT2D eigenvalue weighted by atomic mass is 9.94. The predicted octanol–water partition coefficient (Wildman–Crippen LogP) is 2.53. The average molecular weight is 467 g/mol. The molecular weight excluding hydrogens is 444 g/mol. The molecule has 1 fully saturated rings. The van der Waals surface area contributed by atoms with Crippen LogP contribution in [-0.2, 0) is 39.8 Å². The van der Waals surface area contributed by atoms with Crippen LogP contribution in [0.4, 0.5) is 5.69 Å². The van der Waals surface area contributed by atoms with Crippen molar-refractivity contribution in [1.29, 1.82) is 0 Å². The van der Waals surface area contributed by atoms with Gasteiger partial charge in [-0.1, -0.05) is 16.7 Å². The number of anilines is 1. The van der Waals surface area contributed by atoms with Gasteiger partial charge in [-0.15, -0.1) is 0 Å². The van der Waals surface area contributed by atoms with Crippen LogP contribution in [0, 0.1) is 0 Å². The normalized spacial score (nSPS) is 26.5. The van der Waals surface area contributed by atoms with Crippen molar-refractivity contribution in [2.45, 2.75) is 57.8 Å². The highest BCUT2D eigenvalue weighted by Crippen LogP contribution is 2.38. The summed E-state index contributed by atoms with van der Waals surface area (Å²) in [5, 5.41) is 4.36. The lowest BCUT2D eigenvalue weighted by molar-refractivity contribution is -0.216. The van der Waals surface area contributed by atoms with Crippen LogP contribution >= 0.6 is 11.6 Å². The minimum Gasteiger partial charge on any atom is -0.463 e. The van der Waals surface area contributed by atoms with E-state index in [2.05, 4.69) is 10.0 Å². The summed E-state index contributed by atoms with van der Waals surface area (Å²) in [5.74, 6) is -1.85. The van der Waals surface area contributed by atoms with Gasteiger partial charge < -0.3 is 23.8 Å². The molecule has 0 saturated carbocycles. The number of fused-ring (bicyclic) bond motifs is 1. The Bertz CT molecular complexity index is 952. The van der Waals surface area contributed by atoms with Gasteiger partial charge in [0.2, 0.25) is 0 Å². The topological polar surface area (TPSA) is 140 Å². The van der Waals surface area contributed by atoms with Crippen LogP contribution in [0.25, 0.3) is 10.4 Å². The Hall–Kier alpha value is -3.01. The molecule has 172 valence electrons. The van der Waals surface area contributed by atoms with E-state index in [1.54, 1.807) is 6.07 Å². The van der Waals surface area contributed by atoms with Crippen LogP contribution in [0.5, 0.6) is 0 Å².